The van der Waals surface area contributed by atoms with Crippen molar-refractivity contribution < 1.29 is 9.90 Å². The van der Waals surface area contributed by atoms with Crippen LogP contribution in [0.15, 0.2) is 24.5 Å². The molecule has 0 radical (unpaired) electrons. The Kier molecular flexibility index (Phi) is 9.60. The molecule has 2 atom stereocenters. The predicted octanol–water partition coefficient (Wildman–Crippen LogP) is 1.95. The highest BCUT2D eigenvalue weighted by atomic mass is 35.5. The van der Waals surface area contributed by atoms with Crippen LogP contribution in [0.2, 0.25) is 0 Å². The van der Waals surface area contributed by atoms with Crippen molar-refractivity contribution in [1.29, 1.82) is 0 Å². The van der Waals surface area contributed by atoms with E-state index in [1.807, 2.05) is 18.7 Å². The molecule has 2 heterocycles. The van der Waals surface area contributed by atoms with Crippen LogP contribution in [0.5, 0.6) is 0 Å². The number of aliphatic hydroxyl groups is 1. The Hall–Kier alpha value is -0.880. The Labute approximate surface area is 144 Å². The minimum Gasteiger partial charge on any atom is -0.386 e. The van der Waals surface area contributed by atoms with E-state index >= 15 is 0 Å². The second-order valence-corrected chi connectivity index (χ2v) is 5.56. The molecule has 1 amide bonds. The number of nitrogens with one attached hydrogen (secondary N) is 1. The maximum absolute atomic E-state index is 12.6. The van der Waals surface area contributed by atoms with E-state index in [1.54, 1.807) is 24.5 Å². The molecule has 7 heteroatoms. The van der Waals surface area contributed by atoms with E-state index in [0.717, 1.165) is 25.9 Å². The minimum absolute atomic E-state index is 0. The molecule has 22 heavy (non-hydrogen) atoms. The number of nitrogens with zero attached hydrogens (tertiary/aromatic N) is 2. The van der Waals surface area contributed by atoms with Crippen LogP contribution in [0, 0.1) is 0 Å². The first-order valence-electron chi connectivity index (χ1n) is 7.22. The highest BCUT2D eigenvalue weighted by molar-refractivity contribution is 5.85. The van der Waals surface area contributed by atoms with Crippen LogP contribution in [-0.2, 0) is 4.79 Å². The van der Waals surface area contributed by atoms with Crippen LogP contribution in [0.25, 0.3) is 0 Å². The van der Waals surface area contributed by atoms with Gasteiger partial charge in [-0.15, -0.1) is 24.8 Å². The van der Waals surface area contributed by atoms with Gasteiger partial charge in [-0.2, -0.15) is 0 Å². The van der Waals surface area contributed by atoms with Crippen molar-refractivity contribution >= 4 is 30.7 Å². The third kappa shape index (κ3) is 5.39. The number of hydrogen-bond donors (Lipinski definition) is 2. The normalized spacial score (nSPS) is 16.6. The third-order valence-corrected chi connectivity index (χ3v) is 3.56. The van der Waals surface area contributed by atoms with E-state index in [1.165, 1.54) is 0 Å². The van der Waals surface area contributed by atoms with Crippen molar-refractivity contribution in [1.82, 2.24) is 15.2 Å². The van der Waals surface area contributed by atoms with Crippen LogP contribution < -0.4 is 5.32 Å². The summed E-state index contributed by atoms with van der Waals surface area (Å²) in [5.41, 5.74) is 0.714. The van der Waals surface area contributed by atoms with E-state index in [-0.39, 0.29) is 36.8 Å². The summed E-state index contributed by atoms with van der Waals surface area (Å²) in [5, 5.41) is 13.7. The van der Waals surface area contributed by atoms with Crippen molar-refractivity contribution in [3.8, 4) is 0 Å². The molecule has 1 fully saturated rings. The largest absolute Gasteiger partial charge is 0.386 e. The first-order valence-corrected chi connectivity index (χ1v) is 7.22. The summed E-state index contributed by atoms with van der Waals surface area (Å²) in [5.74, 6) is -0.0134. The molecular weight excluding hydrogens is 325 g/mol. The SMILES string of the molecule is CC(C)NC(C(=O)N1CCCC1)C(O)c1ccncc1.Cl.Cl. The van der Waals surface area contributed by atoms with E-state index in [9.17, 15) is 9.90 Å². The molecule has 2 N–H and O–H groups in total. The van der Waals surface area contributed by atoms with Gasteiger partial charge in [0.15, 0.2) is 0 Å². The van der Waals surface area contributed by atoms with Gasteiger partial charge in [-0.1, -0.05) is 13.8 Å². The van der Waals surface area contributed by atoms with E-state index in [0.29, 0.717) is 5.56 Å². The first-order chi connectivity index (χ1) is 9.59. The molecule has 0 saturated carbocycles. The lowest BCUT2D eigenvalue weighted by Crippen LogP contribution is -2.51. The lowest BCUT2D eigenvalue weighted by atomic mass is 10.0. The van der Waals surface area contributed by atoms with Crippen LogP contribution in [0.1, 0.15) is 38.4 Å². The molecule has 1 aliphatic rings. The third-order valence-electron chi connectivity index (χ3n) is 3.56. The second kappa shape index (κ2) is 10.0. The Bertz CT molecular complexity index is 440. The molecule has 1 saturated heterocycles. The average molecular weight is 350 g/mol. The zero-order valence-corrected chi connectivity index (χ0v) is 14.6. The van der Waals surface area contributed by atoms with Crippen molar-refractivity contribution in [3.63, 3.8) is 0 Å². The number of pyridine rings is 1. The van der Waals surface area contributed by atoms with Gasteiger partial charge in [0.2, 0.25) is 5.91 Å². The standard InChI is InChI=1S/C15H23N3O2.2ClH/c1-11(2)17-13(15(20)18-9-3-4-10-18)14(19)12-5-7-16-8-6-12;;/h5-8,11,13-14,17,19H,3-4,9-10H2,1-2H3;2*1H. The van der Waals surface area contributed by atoms with Gasteiger partial charge < -0.3 is 15.3 Å². The molecule has 0 aliphatic carbocycles. The molecular formula is C15H25Cl2N3O2. The lowest BCUT2D eigenvalue weighted by molar-refractivity contribution is -0.135. The molecule has 0 bridgehead atoms. The smallest absolute Gasteiger partial charge is 0.242 e. The Morgan fingerprint density at radius 2 is 1.77 bits per heavy atom. The van der Waals surface area contributed by atoms with Gasteiger partial charge in [0.05, 0.1) is 0 Å². The summed E-state index contributed by atoms with van der Waals surface area (Å²) >= 11 is 0. The number of halogens is 2. The van der Waals surface area contributed by atoms with Gasteiger partial charge in [0, 0.05) is 31.5 Å². The fourth-order valence-electron chi connectivity index (χ4n) is 2.54. The minimum atomic E-state index is -0.853. The number of amides is 1. The van der Waals surface area contributed by atoms with E-state index in [2.05, 4.69) is 10.3 Å². The molecule has 2 unspecified atom stereocenters. The molecule has 1 aliphatic heterocycles. The Morgan fingerprint density at radius 3 is 2.27 bits per heavy atom. The second-order valence-electron chi connectivity index (χ2n) is 5.56. The van der Waals surface area contributed by atoms with Crippen LogP contribution in [0.3, 0.4) is 0 Å². The molecule has 126 valence electrons. The summed E-state index contributed by atoms with van der Waals surface area (Å²) in [6.45, 7) is 5.53. The molecule has 0 aromatic carbocycles. The molecule has 1 aromatic heterocycles. The molecule has 1 aromatic rings. The van der Waals surface area contributed by atoms with Gasteiger partial charge in [0.1, 0.15) is 12.1 Å². The number of carbonyl (C=O) groups is 1. The van der Waals surface area contributed by atoms with Crippen molar-refractivity contribution in [2.45, 2.75) is 44.9 Å². The van der Waals surface area contributed by atoms with Gasteiger partial charge in [-0.3, -0.25) is 9.78 Å². The van der Waals surface area contributed by atoms with Crippen LogP contribution in [0.4, 0.5) is 0 Å². The highest BCUT2D eigenvalue weighted by Crippen LogP contribution is 2.20. The topological polar surface area (TPSA) is 65.5 Å². The Balaban J connectivity index is 0.00000220. The molecule has 2 rings (SSSR count). The monoisotopic (exact) mass is 349 g/mol. The van der Waals surface area contributed by atoms with E-state index in [4.69, 9.17) is 0 Å². The Morgan fingerprint density at radius 1 is 1.23 bits per heavy atom. The first kappa shape index (κ1) is 21.1. The zero-order valence-electron chi connectivity index (χ0n) is 12.9. The zero-order chi connectivity index (χ0) is 14.5. The van der Waals surface area contributed by atoms with Crippen molar-refractivity contribution in [2.24, 2.45) is 0 Å². The predicted molar refractivity (Wildman–Crippen MR) is 91.6 cm³/mol. The fourth-order valence-corrected chi connectivity index (χ4v) is 2.54. The summed E-state index contributed by atoms with van der Waals surface area (Å²) in [6, 6.07) is 3.02. The summed E-state index contributed by atoms with van der Waals surface area (Å²) in [6.07, 6.45) is 4.50. The number of hydrogen-bond acceptors (Lipinski definition) is 4. The number of aromatic nitrogens is 1. The van der Waals surface area contributed by atoms with E-state index < -0.39 is 12.1 Å². The maximum atomic E-state index is 12.6. The number of likely N-dealkylation sites (tertiary alicyclic amines) is 1. The van der Waals surface area contributed by atoms with Gasteiger partial charge in [0.25, 0.3) is 0 Å². The quantitative estimate of drug-likeness (QED) is 0.852. The summed E-state index contributed by atoms with van der Waals surface area (Å²) < 4.78 is 0. The van der Waals surface area contributed by atoms with Crippen molar-refractivity contribution in [3.05, 3.63) is 30.1 Å². The number of carbonyl (C=O) groups excluding carboxylic acids is 1. The average Bonchev–Trinajstić information content (AvgIpc) is 2.98. The van der Waals surface area contributed by atoms with Gasteiger partial charge in [-0.05, 0) is 30.5 Å². The fraction of sp³-hybridized carbons (Fsp3) is 0.600. The number of aliphatic hydroxyl groups excluding tert-OH is 1. The maximum Gasteiger partial charge on any atom is 0.242 e. The lowest BCUT2D eigenvalue weighted by Gasteiger charge is -2.29. The number of rotatable bonds is 5. The summed E-state index contributed by atoms with van der Waals surface area (Å²) in [4.78, 5) is 18.4. The van der Waals surface area contributed by atoms with Crippen LogP contribution in [-0.4, -0.2) is 46.1 Å². The van der Waals surface area contributed by atoms with Gasteiger partial charge >= 0.3 is 0 Å². The molecule has 5 nitrogen and oxygen atoms in total. The van der Waals surface area contributed by atoms with Crippen LogP contribution >= 0.6 is 24.8 Å². The van der Waals surface area contributed by atoms with Gasteiger partial charge in [-0.25, -0.2) is 0 Å². The molecule has 0 spiro atoms. The summed E-state index contributed by atoms with van der Waals surface area (Å²) in [7, 11) is 0. The van der Waals surface area contributed by atoms with Crippen molar-refractivity contribution in [2.75, 3.05) is 13.1 Å². The highest BCUT2D eigenvalue weighted by Gasteiger charge is 2.32.